The maximum atomic E-state index is 9.20. The second kappa shape index (κ2) is 2.84. The number of rotatable bonds is 0. The smallest absolute Gasteiger partial charge is 0.156 e. The van der Waals surface area contributed by atoms with Crippen LogP contribution in [0.25, 0.3) is 0 Å². The Morgan fingerprint density at radius 3 is 2.60 bits per heavy atom. The van der Waals surface area contributed by atoms with E-state index in [0.29, 0.717) is 6.42 Å². The molecule has 1 aliphatic heterocycles. The fourth-order valence-corrected chi connectivity index (χ4v) is 1.10. The van der Waals surface area contributed by atoms with Gasteiger partial charge < -0.3 is 20.7 Å². The van der Waals surface area contributed by atoms with Gasteiger partial charge in [0.1, 0.15) is 0 Å². The van der Waals surface area contributed by atoms with Gasteiger partial charge in [-0.1, -0.05) is 0 Å². The quantitative estimate of drug-likeness (QED) is 0.402. The fourth-order valence-electron chi connectivity index (χ4n) is 1.10. The first-order chi connectivity index (χ1) is 4.61. The second-order valence-corrected chi connectivity index (χ2v) is 2.69. The molecule has 4 nitrogen and oxygen atoms in total. The monoisotopic (exact) mass is 147 g/mol. The molecule has 0 radical (unpaired) electrons. The molecule has 3 unspecified atom stereocenters. The van der Waals surface area contributed by atoms with Crippen molar-refractivity contribution in [3.8, 4) is 0 Å². The first kappa shape index (κ1) is 7.94. The SMILES string of the molecule is CC1OC(O)C[C@@H](N)C1O. The van der Waals surface area contributed by atoms with Crippen LogP contribution in [-0.4, -0.2) is 34.8 Å². The summed E-state index contributed by atoms with van der Waals surface area (Å²) in [6.45, 7) is 1.69. The molecule has 10 heavy (non-hydrogen) atoms. The van der Waals surface area contributed by atoms with E-state index in [1.165, 1.54) is 0 Å². The molecule has 0 aromatic carbocycles. The van der Waals surface area contributed by atoms with Gasteiger partial charge in [-0.15, -0.1) is 0 Å². The molecule has 1 rings (SSSR count). The summed E-state index contributed by atoms with van der Waals surface area (Å²) in [5.74, 6) is 0. The van der Waals surface area contributed by atoms with Gasteiger partial charge in [-0.05, 0) is 6.92 Å². The standard InChI is InChI=1S/C6H13NO3/c1-3-6(9)4(7)2-5(8)10-3/h3-6,8-9H,2,7H2,1H3/t3?,4-,5?,6?/m1/s1. The van der Waals surface area contributed by atoms with Crippen molar-refractivity contribution in [2.45, 2.75) is 37.9 Å². The zero-order chi connectivity index (χ0) is 7.72. The molecule has 0 aromatic rings. The summed E-state index contributed by atoms with van der Waals surface area (Å²) in [5, 5.41) is 18.2. The van der Waals surface area contributed by atoms with Crippen LogP contribution in [0.2, 0.25) is 0 Å². The van der Waals surface area contributed by atoms with Crippen LogP contribution in [-0.2, 0) is 4.74 Å². The predicted octanol–water partition coefficient (Wildman–Crippen LogP) is -1.20. The van der Waals surface area contributed by atoms with Gasteiger partial charge in [0.25, 0.3) is 0 Å². The number of nitrogens with two attached hydrogens (primary N) is 1. The number of hydrogen-bond donors (Lipinski definition) is 3. The van der Waals surface area contributed by atoms with E-state index in [0.717, 1.165) is 0 Å². The maximum absolute atomic E-state index is 9.20. The van der Waals surface area contributed by atoms with Crippen molar-refractivity contribution in [3.05, 3.63) is 0 Å². The van der Waals surface area contributed by atoms with Crippen molar-refractivity contribution < 1.29 is 14.9 Å². The van der Waals surface area contributed by atoms with E-state index in [-0.39, 0.29) is 12.1 Å². The molecular formula is C6H13NO3. The lowest BCUT2D eigenvalue weighted by atomic mass is 10.0. The van der Waals surface area contributed by atoms with E-state index in [4.69, 9.17) is 15.6 Å². The Labute approximate surface area is 59.6 Å². The van der Waals surface area contributed by atoms with E-state index < -0.39 is 12.4 Å². The van der Waals surface area contributed by atoms with Gasteiger partial charge in [-0.3, -0.25) is 0 Å². The van der Waals surface area contributed by atoms with E-state index in [1.807, 2.05) is 0 Å². The van der Waals surface area contributed by atoms with E-state index in [9.17, 15) is 5.11 Å². The molecule has 1 heterocycles. The number of hydrogen-bond acceptors (Lipinski definition) is 4. The third-order valence-corrected chi connectivity index (χ3v) is 1.77. The molecule has 0 saturated carbocycles. The lowest BCUT2D eigenvalue weighted by Crippen LogP contribution is -2.51. The normalized spacial score (nSPS) is 49.2. The minimum absolute atomic E-state index is 0.311. The van der Waals surface area contributed by atoms with E-state index >= 15 is 0 Å². The van der Waals surface area contributed by atoms with Gasteiger partial charge in [0.05, 0.1) is 12.2 Å². The molecule has 0 aromatic heterocycles. The topological polar surface area (TPSA) is 75.7 Å². The molecular weight excluding hydrogens is 134 g/mol. The molecule has 1 aliphatic rings. The van der Waals surface area contributed by atoms with Gasteiger partial charge in [0.2, 0.25) is 0 Å². The molecule has 4 atom stereocenters. The lowest BCUT2D eigenvalue weighted by Gasteiger charge is -2.33. The second-order valence-electron chi connectivity index (χ2n) is 2.69. The Balaban J connectivity index is 2.49. The van der Waals surface area contributed by atoms with E-state index in [2.05, 4.69) is 0 Å². The van der Waals surface area contributed by atoms with Crippen LogP contribution in [0.1, 0.15) is 13.3 Å². The highest BCUT2D eigenvalue weighted by Crippen LogP contribution is 2.16. The van der Waals surface area contributed by atoms with Crippen LogP contribution >= 0.6 is 0 Å². The minimum Gasteiger partial charge on any atom is -0.389 e. The highest BCUT2D eigenvalue weighted by atomic mass is 16.6. The lowest BCUT2D eigenvalue weighted by molar-refractivity contribution is -0.198. The molecule has 0 aliphatic carbocycles. The van der Waals surface area contributed by atoms with Crippen molar-refractivity contribution in [3.63, 3.8) is 0 Å². The van der Waals surface area contributed by atoms with Gasteiger partial charge in [-0.25, -0.2) is 0 Å². The number of aliphatic hydroxyl groups is 2. The molecule has 0 amide bonds. The van der Waals surface area contributed by atoms with Crippen LogP contribution in [0, 0.1) is 0 Å². The molecule has 4 heteroatoms. The highest BCUT2D eigenvalue weighted by Gasteiger charge is 2.31. The van der Waals surface area contributed by atoms with Crippen LogP contribution in [0.4, 0.5) is 0 Å². The van der Waals surface area contributed by atoms with Crippen LogP contribution in [0.5, 0.6) is 0 Å². The van der Waals surface area contributed by atoms with Crippen molar-refractivity contribution in [2.75, 3.05) is 0 Å². The first-order valence-electron chi connectivity index (χ1n) is 3.38. The van der Waals surface area contributed by atoms with Gasteiger partial charge in [0.15, 0.2) is 6.29 Å². The van der Waals surface area contributed by atoms with Crippen LogP contribution < -0.4 is 5.73 Å². The third kappa shape index (κ3) is 1.46. The Morgan fingerprint density at radius 1 is 1.50 bits per heavy atom. The Bertz CT molecular complexity index is 108. The summed E-state index contributed by atoms with van der Waals surface area (Å²) in [5.41, 5.74) is 5.47. The average Bonchev–Trinajstić information content (AvgIpc) is 1.82. The van der Waals surface area contributed by atoms with Crippen molar-refractivity contribution in [1.82, 2.24) is 0 Å². The van der Waals surface area contributed by atoms with E-state index in [1.54, 1.807) is 6.92 Å². The molecule has 0 spiro atoms. The number of aliphatic hydroxyl groups excluding tert-OH is 2. The summed E-state index contributed by atoms with van der Waals surface area (Å²) >= 11 is 0. The first-order valence-corrected chi connectivity index (χ1v) is 3.38. The summed E-state index contributed by atoms with van der Waals surface area (Å²) in [6, 6.07) is -0.362. The Morgan fingerprint density at radius 2 is 2.10 bits per heavy atom. The largest absolute Gasteiger partial charge is 0.389 e. The summed E-state index contributed by atoms with van der Waals surface area (Å²) in [4.78, 5) is 0. The summed E-state index contributed by atoms with van der Waals surface area (Å²) < 4.78 is 4.89. The summed E-state index contributed by atoms with van der Waals surface area (Å²) in [6.07, 6.45) is -1.51. The van der Waals surface area contributed by atoms with Gasteiger partial charge >= 0.3 is 0 Å². The highest BCUT2D eigenvalue weighted by molar-refractivity contribution is 4.82. The predicted molar refractivity (Wildman–Crippen MR) is 35.2 cm³/mol. The average molecular weight is 147 g/mol. The van der Waals surface area contributed by atoms with Crippen LogP contribution in [0.3, 0.4) is 0 Å². The maximum Gasteiger partial charge on any atom is 0.156 e. The molecule has 4 N–H and O–H groups in total. The van der Waals surface area contributed by atoms with Crippen molar-refractivity contribution >= 4 is 0 Å². The van der Waals surface area contributed by atoms with Gasteiger partial charge in [-0.2, -0.15) is 0 Å². The zero-order valence-corrected chi connectivity index (χ0v) is 5.90. The molecule has 1 saturated heterocycles. The van der Waals surface area contributed by atoms with Gasteiger partial charge in [0, 0.05) is 12.5 Å². The van der Waals surface area contributed by atoms with Crippen LogP contribution in [0.15, 0.2) is 0 Å². The minimum atomic E-state index is -0.812. The summed E-state index contributed by atoms with van der Waals surface area (Å²) in [7, 11) is 0. The zero-order valence-electron chi connectivity index (χ0n) is 5.90. The Kier molecular flexibility index (Phi) is 2.25. The molecule has 1 fully saturated rings. The Hall–Kier alpha value is -0.160. The fraction of sp³-hybridized carbons (Fsp3) is 1.00. The van der Waals surface area contributed by atoms with Crippen molar-refractivity contribution in [2.24, 2.45) is 5.73 Å². The number of ether oxygens (including phenoxy) is 1. The molecule has 0 bridgehead atoms. The molecule has 60 valence electrons. The van der Waals surface area contributed by atoms with Crippen molar-refractivity contribution in [1.29, 1.82) is 0 Å². The third-order valence-electron chi connectivity index (χ3n) is 1.77.